The maximum atomic E-state index is 4.34. The van der Waals surface area contributed by atoms with Crippen LogP contribution in [0.15, 0.2) is 25.4 Å². The molecule has 0 atom stereocenters. The second kappa shape index (κ2) is 5.12. The van der Waals surface area contributed by atoms with E-state index in [4.69, 9.17) is 0 Å². The van der Waals surface area contributed by atoms with E-state index in [1.807, 2.05) is 6.26 Å². The maximum Gasteiger partial charge on any atom is 0.181 e. The third-order valence-corrected chi connectivity index (χ3v) is 6.42. The lowest BCUT2D eigenvalue weighted by Crippen LogP contribution is -1.83. The molecule has 92 valence electrons. The highest BCUT2D eigenvalue weighted by Crippen LogP contribution is 2.37. The van der Waals surface area contributed by atoms with Crippen LogP contribution in [0, 0.1) is 6.92 Å². The number of aromatic nitrogens is 4. The van der Waals surface area contributed by atoms with Crippen molar-refractivity contribution in [2.75, 3.05) is 6.26 Å². The Morgan fingerprint density at radius 2 is 2.00 bits per heavy atom. The smallest absolute Gasteiger partial charge is 0.181 e. The fourth-order valence-electron chi connectivity index (χ4n) is 1.42. The Balaban J connectivity index is 1.99. The number of rotatable bonds is 3. The lowest BCUT2D eigenvalue weighted by Gasteiger charge is -1.97. The number of fused-ring (bicyclic) bond motifs is 1. The molecule has 3 aromatic heterocycles. The van der Waals surface area contributed by atoms with Crippen molar-refractivity contribution in [1.82, 2.24) is 20.2 Å². The molecule has 3 aromatic rings. The number of hydrogen-bond acceptors (Lipinski definition) is 8. The molecule has 0 saturated heterocycles. The molecule has 0 aliphatic rings. The molecule has 3 heterocycles. The van der Waals surface area contributed by atoms with E-state index in [-0.39, 0.29) is 0 Å². The van der Waals surface area contributed by atoms with Crippen LogP contribution in [0.3, 0.4) is 0 Å². The number of thiophene rings is 1. The van der Waals surface area contributed by atoms with E-state index >= 15 is 0 Å². The van der Waals surface area contributed by atoms with Crippen LogP contribution in [0.2, 0.25) is 0 Å². The van der Waals surface area contributed by atoms with Crippen molar-refractivity contribution in [3.05, 3.63) is 17.3 Å². The van der Waals surface area contributed by atoms with E-state index in [1.165, 1.54) is 5.56 Å². The van der Waals surface area contributed by atoms with E-state index in [2.05, 4.69) is 32.5 Å². The molecule has 0 fully saturated rings. The van der Waals surface area contributed by atoms with Gasteiger partial charge in [0.25, 0.3) is 0 Å². The molecule has 8 heteroatoms. The number of thioether (sulfide) groups is 1. The topological polar surface area (TPSA) is 51.6 Å². The quantitative estimate of drug-likeness (QED) is 0.542. The van der Waals surface area contributed by atoms with Crippen LogP contribution >= 0.6 is 46.2 Å². The summed E-state index contributed by atoms with van der Waals surface area (Å²) in [5.41, 5.74) is 2.23. The molecule has 0 unspecified atom stereocenters. The average Bonchev–Trinajstić information content (AvgIpc) is 2.98. The van der Waals surface area contributed by atoms with E-state index < -0.39 is 0 Å². The van der Waals surface area contributed by atoms with Gasteiger partial charge in [-0.05, 0) is 35.9 Å². The van der Waals surface area contributed by atoms with Gasteiger partial charge in [-0.2, -0.15) is 0 Å². The van der Waals surface area contributed by atoms with Gasteiger partial charge >= 0.3 is 0 Å². The second-order valence-electron chi connectivity index (χ2n) is 3.42. The van der Waals surface area contributed by atoms with Crippen LogP contribution in [-0.2, 0) is 0 Å². The first-order valence-electron chi connectivity index (χ1n) is 5.02. The Kier molecular flexibility index (Phi) is 3.51. The molecule has 0 amide bonds. The van der Waals surface area contributed by atoms with Crippen molar-refractivity contribution >= 4 is 56.4 Å². The molecule has 18 heavy (non-hydrogen) atoms. The summed E-state index contributed by atoms with van der Waals surface area (Å²) in [5, 5.41) is 11.3. The van der Waals surface area contributed by atoms with Crippen molar-refractivity contribution < 1.29 is 0 Å². The van der Waals surface area contributed by atoms with Crippen molar-refractivity contribution in [1.29, 1.82) is 0 Å². The number of nitrogens with zero attached hydrogens (tertiary/aromatic N) is 4. The molecular formula is C10H8N4S4. The molecule has 4 nitrogen and oxygen atoms in total. The fraction of sp³-hybridized carbons (Fsp3) is 0.200. The molecule has 0 radical (unpaired) electrons. The molecule has 0 spiro atoms. The van der Waals surface area contributed by atoms with E-state index in [0.717, 1.165) is 23.9 Å². The Morgan fingerprint density at radius 1 is 1.17 bits per heavy atom. The third-order valence-electron chi connectivity index (χ3n) is 2.24. The molecule has 0 aliphatic carbocycles. The van der Waals surface area contributed by atoms with Gasteiger partial charge in [-0.15, -0.1) is 21.5 Å². The van der Waals surface area contributed by atoms with Gasteiger partial charge in [0.15, 0.2) is 8.68 Å². The van der Waals surface area contributed by atoms with Crippen molar-refractivity contribution in [3.8, 4) is 0 Å². The highest BCUT2D eigenvalue weighted by molar-refractivity contribution is 8.03. The predicted octanol–water partition coefficient (Wildman–Crippen LogP) is 3.72. The molecular weight excluding hydrogens is 304 g/mol. The zero-order chi connectivity index (χ0) is 12.5. The lowest BCUT2D eigenvalue weighted by atomic mass is 10.3. The summed E-state index contributed by atoms with van der Waals surface area (Å²) in [7, 11) is 0. The summed E-state index contributed by atoms with van der Waals surface area (Å²) in [6, 6.07) is 0. The number of hydrogen-bond donors (Lipinski definition) is 0. The van der Waals surface area contributed by atoms with E-state index in [9.17, 15) is 0 Å². The maximum absolute atomic E-state index is 4.34. The highest BCUT2D eigenvalue weighted by Gasteiger charge is 2.12. The van der Waals surface area contributed by atoms with Crippen molar-refractivity contribution in [2.45, 2.75) is 20.6 Å². The van der Waals surface area contributed by atoms with Crippen LogP contribution in [0.1, 0.15) is 5.56 Å². The average molecular weight is 312 g/mol. The monoisotopic (exact) mass is 312 g/mol. The SMILES string of the molecule is CSc1nnc(Sc2ncnc3c(C)csc23)s1. The summed E-state index contributed by atoms with van der Waals surface area (Å²) in [4.78, 5) is 8.66. The lowest BCUT2D eigenvalue weighted by molar-refractivity contribution is 0.954. The minimum Gasteiger partial charge on any atom is -0.235 e. The summed E-state index contributed by atoms with van der Waals surface area (Å²) in [6.07, 6.45) is 3.61. The van der Waals surface area contributed by atoms with Gasteiger partial charge in [0.2, 0.25) is 0 Å². The van der Waals surface area contributed by atoms with Crippen molar-refractivity contribution in [2.24, 2.45) is 0 Å². The first-order valence-corrected chi connectivity index (χ1v) is 8.76. The summed E-state index contributed by atoms with van der Waals surface area (Å²) >= 11 is 6.44. The minimum absolute atomic E-state index is 0.922. The standard InChI is InChI=1S/C10H8N4S4/c1-5-3-16-7-6(5)11-4-12-8(7)17-10-14-13-9(15-2)18-10/h3-4H,1-2H3. The number of aryl methyl sites for hydroxylation is 1. The van der Waals surface area contributed by atoms with Crippen molar-refractivity contribution in [3.63, 3.8) is 0 Å². The van der Waals surface area contributed by atoms with Gasteiger partial charge in [-0.1, -0.05) is 23.1 Å². The van der Waals surface area contributed by atoms with Crippen LogP contribution in [0.5, 0.6) is 0 Å². The van der Waals surface area contributed by atoms with Crippen LogP contribution in [0.4, 0.5) is 0 Å². The summed E-state index contributed by atoms with van der Waals surface area (Å²) < 4.78 is 3.02. The summed E-state index contributed by atoms with van der Waals surface area (Å²) in [5.74, 6) is 0. The molecule has 0 aromatic carbocycles. The van der Waals surface area contributed by atoms with Gasteiger partial charge in [0, 0.05) is 0 Å². The Labute approximate surface area is 120 Å². The molecule has 0 N–H and O–H groups in total. The van der Waals surface area contributed by atoms with Gasteiger partial charge in [0.1, 0.15) is 11.4 Å². The van der Waals surface area contributed by atoms with Gasteiger partial charge < -0.3 is 0 Å². The fourth-order valence-corrected chi connectivity index (χ4v) is 4.92. The summed E-state index contributed by atoms with van der Waals surface area (Å²) in [6.45, 7) is 2.07. The first-order chi connectivity index (χ1) is 8.78. The van der Waals surface area contributed by atoms with E-state index in [0.29, 0.717) is 0 Å². The van der Waals surface area contributed by atoms with Gasteiger partial charge in [0.05, 0.1) is 10.2 Å². The van der Waals surface area contributed by atoms with Gasteiger partial charge in [-0.3, -0.25) is 0 Å². The predicted molar refractivity (Wildman–Crippen MR) is 78.0 cm³/mol. The van der Waals surface area contributed by atoms with Crippen LogP contribution < -0.4 is 0 Å². The normalized spacial score (nSPS) is 11.2. The highest BCUT2D eigenvalue weighted by atomic mass is 32.2. The second-order valence-corrected chi connectivity index (χ2v) is 7.56. The largest absolute Gasteiger partial charge is 0.235 e. The van der Waals surface area contributed by atoms with E-state index in [1.54, 1.807) is 52.5 Å². The minimum atomic E-state index is 0.922. The molecule has 0 saturated carbocycles. The first kappa shape index (κ1) is 12.3. The Hall–Kier alpha value is -0.700. The zero-order valence-corrected chi connectivity index (χ0v) is 12.8. The zero-order valence-electron chi connectivity index (χ0n) is 9.58. The molecule has 0 aliphatic heterocycles. The van der Waals surface area contributed by atoms with Crippen LogP contribution in [0.25, 0.3) is 10.2 Å². The molecule has 3 rings (SSSR count). The Bertz CT molecular complexity index is 690. The third kappa shape index (κ3) is 2.25. The van der Waals surface area contributed by atoms with Gasteiger partial charge in [-0.25, -0.2) is 9.97 Å². The Morgan fingerprint density at radius 3 is 2.78 bits per heavy atom. The molecule has 0 bridgehead atoms. The van der Waals surface area contributed by atoms with Crippen LogP contribution in [-0.4, -0.2) is 26.4 Å².